The molecule has 6 nitrogen and oxygen atoms in total. The number of hydrogen-bond acceptors (Lipinski definition) is 5. The molecule has 0 aliphatic rings. The Kier molecular flexibility index (Phi) is 2.92. The van der Waals surface area contributed by atoms with Gasteiger partial charge in [-0.05, 0) is 12.1 Å². The van der Waals surface area contributed by atoms with Crippen LogP contribution in [0.15, 0.2) is 35.1 Å². The number of hydrogen-bond donors (Lipinski definition) is 1. The van der Waals surface area contributed by atoms with Crippen molar-refractivity contribution in [1.82, 2.24) is 14.5 Å². The third-order valence-electron chi connectivity index (χ3n) is 2.84. The summed E-state index contributed by atoms with van der Waals surface area (Å²) in [7, 11) is 1.62. The van der Waals surface area contributed by atoms with Crippen molar-refractivity contribution in [3.05, 3.63) is 30.7 Å². The molecular weight excluding hydrogens is 244 g/mol. The smallest absolute Gasteiger partial charge is 0.247 e. The van der Waals surface area contributed by atoms with Crippen molar-refractivity contribution in [3.63, 3.8) is 0 Å². The number of benzene rings is 1. The summed E-state index contributed by atoms with van der Waals surface area (Å²) in [6.07, 6.45) is 3.59. The Labute approximate surface area is 109 Å². The number of rotatable bonds is 4. The van der Waals surface area contributed by atoms with Crippen LogP contribution in [0, 0.1) is 0 Å². The first-order valence-electron chi connectivity index (χ1n) is 5.97. The van der Waals surface area contributed by atoms with Gasteiger partial charge in [0, 0.05) is 25.4 Å². The molecule has 1 aromatic carbocycles. The number of fused-ring (bicyclic) bond motifs is 1. The SMILES string of the molecule is COc1ccc2nc(-c3cn(CCN)cn3)oc2c1. The van der Waals surface area contributed by atoms with E-state index in [9.17, 15) is 0 Å². The number of ether oxygens (including phenoxy) is 1. The maximum Gasteiger partial charge on any atom is 0.247 e. The van der Waals surface area contributed by atoms with E-state index in [1.54, 1.807) is 13.4 Å². The van der Waals surface area contributed by atoms with Crippen LogP contribution in [0.4, 0.5) is 0 Å². The van der Waals surface area contributed by atoms with Gasteiger partial charge in [0.05, 0.1) is 13.4 Å². The second-order valence-electron chi connectivity index (χ2n) is 4.14. The van der Waals surface area contributed by atoms with Crippen LogP contribution in [0.2, 0.25) is 0 Å². The molecule has 0 atom stereocenters. The maximum atomic E-state index is 5.69. The third kappa shape index (κ3) is 2.17. The van der Waals surface area contributed by atoms with Crippen LogP contribution in [-0.2, 0) is 6.54 Å². The van der Waals surface area contributed by atoms with Gasteiger partial charge in [-0.1, -0.05) is 0 Å². The Balaban J connectivity index is 1.99. The zero-order valence-electron chi connectivity index (χ0n) is 10.5. The molecule has 0 amide bonds. The standard InChI is InChI=1S/C13H14N4O2/c1-18-9-2-3-10-12(6-9)19-13(16-10)11-7-17(5-4-14)8-15-11/h2-3,6-8H,4-5,14H2,1H3. The molecule has 2 aromatic heterocycles. The van der Waals surface area contributed by atoms with Gasteiger partial charge in [0.15, 0.2) is 5.58 Å². The first kappa shape index (κ1) is 11.7. The van der Waals surface area contributed by atoms with Gasteiger partial charge in [0.25, 0.3) is 0 Å². The molecule has 0 aliphatic heterocycles. The number of aromatic nitrogens is 3. The third-order valence-corrected chi connectivity index (χ3v) is 2.84. The summed E-state index contributed by atoms with van der Waals surface area (Å²) in [5.74, 6) is 1.24. The van der Waals surface area contributed by atoms with Gasteiger partial charge in [-0.25, -0.2) is 9.97 Å². The molecule has 6 heteroatoms. The largest absolute Gasteiger partial charge is 0.497 e. The molecule has 0 aliphatic carbocycles. The lowest BCUT2D eigenvalue weighted by Crippen LogP contribution is -2.07. The van der Waals surface area contributed by atoms with Crippen LogP contribution in [0.1, 0.15) is 0 Å². The summed E-state index contributed by atoms with van der Waals surface area (Å²) in [6, 6.07) is 5.52. The van der Waals surface area contributed by atoms with Crippen molar-refractivity contribution in [1.29, 1.82) is 0 Å². The van der Waals surface area contributed by atoms with Gasteiger partial charge in [-0.15, -0.1) is 0 Å². The number of oxazole rings is 1. The molecular formula is C13H14N4O2. The normalized spacial score (nSPS) is 11.1. The van der Waals surface area contributed by atoms with E-state index in [1.807, 2.05) is 29.0 Å². The zero-order valence-corrected chi connectivity index (χ0v) is 10.5. The average molecular weight is 258 g/mol. The molecule has 19 heavy (non-hydrogen) atoms. The Hall–Kier alpha value is -2.34. The van der Waals surface area contributed by atoms with Gasteiger partial charge >= 0.3 is 0 Å². The minimum atomic E-state index is 0.499. The summed E-state index contributed by atoms with van der Waals surface area (Å²) in [5, 5.41) is 0. The number of imidazole rings is 1. The maximum absolute atomic E-state index is 5.69. The highest BCUT2D eigenvalue weighted by molar-refractivity contribution is 5.77. The molecule has 3 aromatic rings. The fourth-order valence-electron chi connectivity index (χ4n) is 1.88. The summed E-state index contributed by atoms with van der Waals surface area (Å²) in [4.78, 5) is 8.67. The zero-order chi connectivity index (χ0) is 13.2. The lowest BCUT2D eigenvalue weighted by Gasteiger charge is -1.95. The van der Waals surface area contributed by atoms with Crippen molar-refractivity contribution in [2.45, 2.75) is 6.54 Å². The summed E-state index contributed by atoms with van der Waals surface area (Å²) in [5.41, 5.74) is 7.66. The molecule has 2 N–H and O–H groups in total. The summed E-state index contributed by atoms with van der Waals surface area (Å²) in [6.45, 7) is 1.29. The topological polar surface area (TPSA) is 79.1 Å². The van der Waals surface area contributed by atoms with Crippen molar-refractivity contribution in [3.8, 4) is 17.3 Å². The molecule has 3 rings (SSSR count). The molecule has 98 valence electrons. The van der Waals surface area contributed by atoms with Crippen molar-refractivity contribution in [2.24, 2.45) is 5.73 Å². The molecule has 0 radical (unpaired) electrons. The minimum absolute atomic E-state index is 0.499. The number of methoxy groups -OCH3 is 1. The highest BCUT2D eigenvalue weighted by Gasteiger charge is 2.11. The molecule has 0 saturated carbocycles. The van der Waals surface area contributed by atoms with Crippen LogP contribution in [-0.4, -0.2) is 28.2 Å². The van der Waals surface area contributed by atoms with Crippen LogP contribution in [0.3, 0.4) is 0 Å². The Morgan fingerprint density at radius 3 is 3.11 bits per heavy atom. The van der Waals surface area contributed by atoms with Gasteiger partial charge in [-0.2, -0.15) is 0 Å². The van der Waals surface area contributed by atoms with Crippen molar-refractivity contribution >= 4 is 11.1 Å². The van der Waals surface area contributed by atoms with E-state index >= 15 is 0 Å². The monoisotopic (exact) mass is 258 g/mol. The number of nitrogens with zero attached hydrogens (tertiary/aromatic N) is 3. The van der Waals surface area contributed by atoms with Gasteiger partial charge in [-0.3, -0.25) is 0 Å². The second kappa shape index (κ2) is 4.74. The Morgan fingerprint density at radius 1 is 1.42 bits per heavy atom. The van der Waals surface area contributed by atoms with Gasteiger partial charge < -0.3 is 19.5 Å². The molecule has 0 unspecified atom stereocenters. The molecule has 0 fully saturated rings. The molecule has 2 heterocycles. The van der Waals surface area contributed by atoms with Crippen LogP contribution in [0.25, 0.3) is 22.7 Å². The molecule has 0 spiro atoms. The van der Waals surface area contributed by atoms with E-state index in [1.165, 1.54) is 0 Å². The van der Waals surface area contributed by atoms with E-state index in [0.29, 0.717) is 23.7 Å². The van der Waals surface area contributed by atoms with Crippen molar-refractivity contribution in [2.75, 3.05) is 13.7 Å². The Bertz CT molecular complexity index is 702. The number of nitrogens with two attached hydrogens (primary N) is 1. The Morgan fingerprint density at radius 2 is 2.32 bits per heavy atom. The van der Waals surface area contributed by atoms with E-state index in [2.05, 4.69) is 9.97 Å². The van der Waals surface area contributed by atoms with E-state index < -0.39 is 0 Å². The lowest BCUT2D eigenvalue weighted by molar-refractivity contribution is 0.414. The fraction of sp³-hybridized carbons (Fsp3) is 0.231. The highest BCUT2D eigenvalue weighted by Crippen LogP contribution is 2.25. The lowest BCUT2D eigenvalue weighted by atomic mass is 10.3. The fourth-order valence-corrected chi connectivity index (χ4v) is 1.88. The average Bonchev–Trinajstić information content (AvgIpc) is 3.03. The molecule has 0 saturated heterocycles. The van der Waals surface area contributed by atoms with E-state index in [0.717, 1.165) is 17.8 Å². The van der Waals surface area contributed by atoms with E-state index in [-0.39, 0.29) is 0 Å². The van der Waals surface area contributed by atoms with Crippen molar-refractivity contribution < 1.29 is 9.15 Å². The first-order valence-corrected chi connectivity index (χ1v) is 5.97. The van der Waals surface area contributed by atoms with Crippen LogP contribution in [0.5, 0.6) is 5.75 Å². The van der Waals surface area contributed by atoms with Crippen LogP contribution >= 0.6 is 0 Å². The van der Waals surface area contributed by atoms with Gasteiger partial charge in [0.2, 0.25) is 5.89 Å². The second-order valence-corrected chi connectivity index (χ2v) is 4.14. The highest BCUT2D eigenvalue weighted by atomic mass is 16.5. The predicted octanol–water partition coefficient (Wildman–Crippen LogP) is 1.66. The van der Waals surface area contributed by atoms with E-state index in [4.69, 9.17) is 14.9 Å². The van der Waals surface area contributed by atoms with Crippen LogP contribution < -0.4 is 10.5 Å². The predicted molar refractivity (Wildman–Crippen MR) is 70.8 cm³/mol. The first-order chi connectivity index (χ1) is 9.30. The minimum Gasteiger partial charge on any atom is -0.497 e. The molecule has 0 bridgehead atoms. The quantitative estimate of drug-likeness (QED) is 0.769. The summed E-state index contributed by atoms with van der Waals surface area (Å²) < 4.78 is 12.7. The van der Waals surface area contributed by atoms with Gasteiger partial charge in [0.1, 0.15) is 17.0 Å². The summed E-state index contributed by atoms with van der Waals surface area (Å²) >= 11 is 0.